The molecule has 0 spiro atoms. The number of nitrogens with one attached hydrogen (secondary N) is 2. The first-order chi connectivity index (χ1) is 8.21. The molecule has 1 aromatic heterocycles. The lowest BCUT2D eigenvalue weighted by Gasteiger charge is -2.16. The van der Waals surface area contributed by atoms with E-state index in [1.54, 1.807) is 14.2 Å². The largest absolute Gasteiger partial charge is 0.394 e. The summed E-state index contributed by atoms with van der Waals surface area (Å²) in [6.07, 6.45) is 1.64. The molecule has 6 nitrogen and oxygen atoms in total. The minimum absolute atomic E-state index is 0.0690. The third kappa shape index (κ3) is 4.12. The van der Waals surface area contributed by atoms with Crippen molar-refractivity contribution in [3.63, 3.8) is 0 Å². The number of hydrogen-bond donors (Lipinski definition) is 3. The van der Waals surface area contributed by atoms with Crippen LogP contribution in [0, 0.1) is 5.82 Å². The Hall–Kier alpha value is -1.47. The quantitative estimate of drug-likeness (QED) is 0.647. The molecule has 1 unspecified atom stereocenters. The second kappa shape index (κ2) is 6.97. The van der Waals surface area contributed by atoms with Crippen LogP contribution < -0.4 is 10.6 Å². The van der Waals surface area contributed by atoms with Gasteiger partial charge in [-0.05, 0) is 6.42 Å². The van der Waals surface area contributed by atoms with Crippen LogP contribution in [0.2, 0.25) is 0 Å². The Balaban J connectivity index is 2.70. The topological polar surface area (TPSA) is 79.3 Å². The second-order valence-corrected chi connectivity index (χ2v) is 3.45. The maximum absolute atomic E-state index is 13.4. The molecule has 0 bridgehead atoms. The van der Waals surface area contributed by atoms with E-state index >= 15 is 0 Å². The van der Waals surface area contributed by atoms with Gasteiger partial charge in [0.1, 0.15) is 0 Å². The Bertz CT molecular complexity index is 351. The lowest BCUT2D eigenvalue weighted by Crippen LogP contribution is -2.26. The standard InChI is InChI=1S/C10H17FN4O2/c1-12-10-13-5-8(11)9(15-10)14-7(6-16)3-4-17-2/h5,7,16H,3-4,6H2,1-2H3,(H2,12,13,14,15). The molecule has 17 heavy (non-hydrogen) atoms. The predicted octanol–water partition coefficient (Wildman–Crippen LogP) is 0.467. The molecule has 7 heteroatoms. The Morgan fingerprint density at radius 1 is 1.59 bits per heavy atom. The number of halogens is 1. The van der Waals surface area contributed by atoms with E-state index in [1.807, 2.05) is 0 Å². The molecule has 96 valence electrons. The van der Waals surface area contributed by atoms with Gasteiger partial charge in [0, 0.05) is 20.8 Å². The molecule has 0 aliphatic carbocycles. The second-order valence-electron chi connectivity index (χ2n) is 3.45. The molecule has 0 aromatic carbocycles. The minimum atomic E-state index is -0.556. The molecule has 0 amide bonds. The van der Waals surface area contributed by atoms with Gasteiger partial charge in [-0.2, -0.15) is 4.98 Å². The van der Waals surface area contributed by atoms with Crippen LogP contribution >= 0.6 is 0 Å². The van der Waals surface area contributed by atoms with Crippen molar-refractivity contribution in [2.24, 2.45) is 0 Å². The fourth-order valence-corrected chi connectivity index (χ4v) is 1.25. The lowest BCUT2D eigenvalue weighted by molar-refractivity contribution is 0.174. The maximum atomic E-state index is 13.4. The molecule has 1 heterocycles. The normalized spacial score (nSPS) is 12.2. The molecule has 1 aromatic rings. The van der Waals surface area contributed by atoms with Gasteiger partial charge in [-0.3, -0.25) is 0 Å². The van der Waals surface area contributed by atoms with Crippen molar-refractivity contribution < 1.29 is 14.2 Å². The fourth-order valence-electron chi connectivity index (χ4n) is 1.25. The minimum Gasteiger partial charge on any atom is -0.394 e. The van der Waals surface area contributed by atoms with E-state index in [2.05, 4.69) is 20.6 Å². The van der Waals surface area contributed by atoms with E-state index in [0.29, 0.717) is 19.0 Å². The zero-order valence-electron chi connectivity index (χ0n) is 9.90. The summed E-state index contributed by atoms with van der Waals surface area (Å²) >= 11 is 0. The highest BCUT2D eigenvalue weighted by atomic mass is 19.1. The van der Waals surface area contributed by atoms with E-state index in [9.17, 15) is 4.39 Å². The molecule has 0 aliphatic rings. The molecular formula is C10H17FN4O2. The molecule has 0 fully saturated rings. The van der Waals surface area contributed by atoms with Crippen molar-refractivity contribution in [2.75, 3.05) is 38.0 Å². The third-order valence-corrected chi connectivity index (χ3v) is 2.20. The highest BCUT2D eigenvalue weighted by molar-refractivity contribution is 5.41. The summed E-state index contributed by atoms with van der Waals surface area (Å²) in [6.45, 7) is 0.353. The summed E-state index contributed by atoms with van der Waals surface area (Å²) in [5, 5.41) is 14.7. The predicted molar refractivity (Wildman–Crippen MR) is 62.5 cm³/mol. The van der Waals surface area contributed by atoms with Crippen LogP contribution in [0.4, 0.5) is 16.2 Å². The summed E-state index contributed by atoms with van der Waals surface area (Å²) in [5.74, 6) is -0.170. The summed E-state index contributed by atoms with van der Waals surface area (Å²) in [4.78, 5) is 7.65. The summed E-state index contributed by atoms with van der Waals surface area (Å²) in [5.41, 5.74) is 0. The number of anilines is 2. The highest BCUT2D eigenvalue weighted by Gasteiger charge is 2.12. The Kier molecular flexibility index (Phi) is 5.58. The summed E-state index contributed by atoms with van der Waals surface area (Å²) < 4.78 is 18.3. The summed E-state index contributed by atoms with van der Waals surface area (Å²) in [6, 6.07) is -0.302. The van der Waals surface area contributed by atoms with Crippen LogP contribution in [-0.2, 0) is 4.74 Å². The molecule has 0 radical (unpaired) electrons. The van der Waals surface area contributed by atoms with Crippen LogP contribution in [0.5, 0.6) is 0 Å². The average molecular weight is 244 g/mol. The number of ether oxygens (including phenoxy) is 1. The first-order valence-corrected chi connectivity index (χ1v) is 5.27. The number of methoxy groups -OCH3 is 1. The highest BCUT2D eigenvalue weighted by Crippen LogP contribution is 2.13. The molecular weight excluding hydrogens is 227 g/mol. The van der Waals surface area contributed by atoms with Gasteiger partial charge in [-0.15, -0.1) is 0 Å². The first kappa shape index (κ1) is 13.6. The number of rotatable bonds is 7. The van der Waals surface area contributed by atoms with E-state index in [4.69, 9.17) is 9.84 Å². The van der Waals surface area contributed by atoms with Gasteiger partial charge >= 0.3 is 0 Å². The van der Waals surface area contributed by atoms with Crippen LogP contribution in [0.3, 0.4) is 0 Å². The Morgan fingerprint density at radius 2 is 2.35 bits per heavy atom. The SMILES string of the molecule is CNc1ncc(F)c(NC(CO)CCOC)n1. The molecule has 0 saturated carbocycles. The van der Waals surface area contributed by atoms with Crippen molar-refractivity contribution in [1.29, 1.82) is 0 Å². The van der Waals surface area contributed by atoms with Gasteiger partial charge in [0.15, 0.2) is 11.6 Å². The van der Waals surface area contributed by atoms with Gasteiger partial charge in [-0.25, -0.2) is 9.37 Å². The van der Waals surface area contributed by atoms with Gasteiger partial charge in [0.25, 0.3) is 0 Å². The van der Waals surface area contributed by atoms with Crippen LogP contribution in [-0.4, -0.2) is 48.5 Å². The summed E-state index contributed by atoms with van der Waals surface area (Å²) in [7, 11) is 3.21. The molecule has 0 saturated heterocycles. The van der Waals surface area contributed by atoms with E-state index in [1.165, 1.54) is 0 Å². The van der Waals surface area contributed by atoms with E-state index < -0.39 is 5.82 Å². The lowest BCUT2D eigenvalue weighted by atomic mass is 10.2. The molecule has 1 rings (SSSR count). The number of aliphatic hydroxyl groups excluding tert-OH is 1. The van der Waals surface area contributed by atoms with Crippen LogP contribution in [0.1, 0.15) is 6.42 Å². The number of aliphatic hydroxyl groups is 1. The molecule has 1 atom stereocenters. The average Bonchev–Trinajstić information content (AvgIpc) is 2.36. The Morgan fingerprint density at radius 3 is 2.94 bits per heavy atom. The van der Waals surface area contributed by atoms with Crippen LogP contribution in [0.25, 0.3) is 0 Å². The van der Waals surface area contributed by atoms with Gasteiger partial charge in [0.05, 0.1) is 18.8 Å². The van der Waals surface area contributed by atoms with Crippen LogP contribution in [0.15, 0.2) is 6.20 Å². The van der Waals surface area contributed by atoms with E-state index in [0.717, 1.165) is 6.20 Å². The number of hydrogen-bond acceptors (Lipinski definition) is 6. The van der Waals surface area contributed by atoms with Crippen molar-refractivity contribution in [3.8, 4) is 0 Å². The fraction of sp³-hybridized carbons (Fsp3) is 0.600. The monoisotopic (exact) mass is 244 g/mol. The van der Waals surface area contributed by atoms with Crippen molar-refractivity contribution >= 4 is 11.8 Å². The maximum Gasteiger partial charge on any atom is 0.224 e. The van der Waals surface area contributed by atoms with Crippen molar-refractivity contribution in [3.05, 3.63) is 12.0 Å². The first-order valence-electron chi connectivity index (χ1n) is 5.27. The van der Waals surface area contributed by atoms with Gasteiger partial charge < -0.3 is 20.5 Å². The number of nitrogens with zero attached hydrogens (tertiary/aromatic N) is 2. The molecule has 0 aliphatic heterocycles. The van der Waals surface area contributed by atoms with Gasteiger partial charge in [0.2, 0.25) is 5.95 Å². The zero-order valence-corrected chi connectivity index (χ0v) is 9.90. The van der Waals surface area contributed by atoms with E-state index in [-0.39, 0.29) is 18.5 Å². The van der Waals surface area contributed by atoms with Crippen molar-refractivity contribution in [1.82, 2.24) is 9.97 Å². The smallest absolute Gasteiger partial charge is 0.224 e. The van der Waals surface area contributed by atoms with Gasteiger partial charge in [-0.1, -0.05) is 0 Å². The third-order valence-electron chi connectivity index (χ3n) is 2.20. The Labute approximate surface area is 99.2 Å². The number of aromatic nitrogens is 2. The van der Waals surface area contributed by atoms with Crippen molar-refractivity contribution in [2.45, 2.75) is 12.5 Å². The zero-order chi connectivity index (χ0) is 12.7. The molecule has 3 N–H and O–H groups in total.